The number of benzene rings is 2. The number of carbonyl (C=O) groups is 1. The van der Waals surface area contributed by atoms with Crippen LogP contribution in [0.2, 0.25) is 0 Å². The van der Waals surface area contributed by atoms with Gasteiger partial charge in [0.25, 0.3) is 0 Å². The van der Waals surface area contributed by atoms with Crippen LogP contribution in [0.1, 0.15) is 48.3 Å². The van der Waals surface area contributed by atoms with E-state index in [1.54, 1.807) is 12.1 Å². The Balaban J connectivity index is 1.84. The number of aromatic nitrogens is 3. The molecule has 2 aromatic carbocycles. The van der Waals surface area contributed by atoms with Crippen molar-refractivity contribution in [3.05, 3.63) is 83.5 Å². The third kappa shape index (κ3) is 5.19. The Labute approximate surface area is 171 Å². The Bertz CT molecular complexity index is 1000. The second-order valence-corrected chi connectivity index (χ2v) is 7.52. The van der Waals surface area contributed by atoms with Gasteiger partial charge >= 0.3 is 5.97 Å². The van der Waals surface area contributed by atoms with Crippen LogP contribution in [-0.2, 0) is 19.4 Å². The van der Waals surface area contributed by atoms with Gasteiger partial charge in [-0.25, -0.2) is 14.5 Å². The van der Waals surface area contributed by atoms with Crippen LogP contribution in [0.3, 0.4) is 0 Å². The van der Waals surface area contributed by atoms with Gasteiger partial charge in [-0.05, 0) is 35.6 Å². The molecule has 29 heavy (non-hydrogen) atoms. The van der Waals surface area contributed by atoms with Gasteiger partial charge in [0.1, 0.15) is 5.82 Å². The van der Waals surface area contributed by atoms with Crippen LogP contribution in [0.25, 0.3) is 11.1 Å². The Morgan fingerprint density at radius 3 is 2.52 bits per heavy atom. The predicted octanol–water partition coefficient (Wildman–Crippen LogP) is 5.01. The average Bonchev–Trinajstić information content (AvgIpc) is 3.07. The summed E-state index contributed by atoms with van der Waals surface area (Å²) in [5.74, 6) is 1.43. The maximum atomic E-state index is 11.5. The molecule has 0 saturated heterocycles. The molecule has 0 bridgehead atoms. The minimum Gasteiger partial charge on any atom is -0.478 e. The second-order valence-electron chi connectivity index (χ2n) is 7.52. The highest BCUT2D eigenvalue weighted by atomic mass is 16.4. The number of carboxylic acid groups (broad SMARTS) is 1. The summed E-state index contributed by atoms with van der Waals surface area (Å²) in [5, 5.41) is 14.1. The molecule has 0 aliphatic heterocycles. The van der Waals surface area contributed by atoms with Crippen molar-refractivity contribution in [3.63, 3.8) is 0 Å². The van der Waals surface area contributed by atoms with Crippen molar-refractivity contribution in [1.29, 1.82) is 0 Å². The number of aromatic carboxylic acids is 1. The van der Waals surface area contributed by atoms with E-state index in [2.05, 4.69) is 19.9 Å². The van der Waals surface area contributed by atoms with Crippen LogP contribution in [0, 0.1) is 5.92 Å². The number of hydrogen-bond donors (Lipinski definition) is 1. The molecule has 0 unspecified atom stereocenters. The zero-order chi connectivity index (χ0) is 20.8. The van der Waals surface area contributed by atoms with Gasteiger partial charge in [0.15, 0.2) is 5.82 Å². The van der Waals surface area contributed by atoms with Crippen LogP contribution in [-0.4, -0.2) is 25.8 Å². The number of carboxylic acids is 1. The molecule has 0 atom stereocenters. The summed E-state index contributed by atoms with van der Waals surface area (Å²) in [6.07, 6.45) is 5.73. The highest BCUT2D eigenvalue weighted by Crippen LogP contribution is 2.24. The van der Waals surface area contributed by atoms with Crippen molar-refractivity contribution < 1.29 is 9.90 Å². The molecular weight excluding hydrogens is 362 g/mol. The number of allylic oxidation sites excluding steroid dienone is 2. The zero-order valence-corrected chi connectivity index (χ0v) is 17.2. The number of hydrogen-bond acceptors (Lipinski definition) is 3. The molecule has 0 spiro atoms. The smallest absolute Gasteiger partial charge is 0.336 e. The monoisotopic (exact) mass is 389 g/mol. The van der Waals surface area contributed by atoms with Crippen molar-refractivity contribution in [3.8, 4) is 11.1 Å². The van der Waals surface area contributed by atoms with Gasteiger partial charge in [-0.3, -0.25) is 0 Å². The van der Waals surface area contributed by atoms with Gasteiger partial charge in [-0.15, -0.1) is 0 Å². The van der Waals surface area contributed by atoms with Gasteiger partial charge in [0.05, 0.1) is 12.1 Å². The van der Waals surface area contributed by atoms with Gasteiger partial charge in [0.2, 0.25) is 0 Å². The second kappa shape index (κ2) is 9.32. The summed E-state index contributed by atoms with van der Waals surface area (Å²) in [7, 11) is 0. The summed E-state index contributed by atoms with van der Waals surface area (Å²) in [6, 6.07) is 15.0. The predicted molar refractivity (Wildman–Crippen MR) is 115 cm³/mol. The molecule has 3 aromatic rings. The highest BCUT2D eigenvalue weighted by Gasteiger charge is 2.13. The Kier molecular flexibility index (Phi) is 6.60. The van der Waals surface area contributed by atoms with Crippen molar-refractivity contribution in [2.45, 2.75) is 40.2 Å². The van der Waals surface area contributed by atoms with Gasteiger partial charge < -0.3 is 5.11 Å². The summed E-state index contributed by atoms with van der Waals surface area (Å²) in [4.78, 5) is 16.2. The molecule has 5 heteroatoms. The first-order chi connectivity index (χ1) is 14.0. The maximum absolute atomic E-state index is 11.5. The average molecular weight is 389 g/mol. The van der Waals surface area contributed by atoms with Crippen LogP contribution >= 0.6 is 0 Å². The minimum absolute atomic E-state index is 0.309. The van der Waals surface area contributed by atoms with Crippen LogP contribution in [0.5, 0.6) is 0 Å². The lowest BCUT2D eigenvalue weighted by atomic mass is 9.99. The molecule has 0 saturated carbocycles. The standard InChI is InChI=1S/C24H27N3O2/c1-4-5-10-23-25-22(15-17(2)3)26-27(23)16-18-11-13-19(14-12-18)20-8-6-7-9-21(20)24(28)29/h4-9,11-14,17H,10,15-16H2,1-3H3,(H,28,29)/b5-4+. The summed E-state index contributed by atoms with van der Waals surface area (Å²) in [6.45, 7) is 6.97. The van der Waals surface area contributed by atoms with E-state index < -0.39 is 5.97 Å². The normalized spacial score (nSPS) is 11.4. The first-order valence-corrected chi connectivity index (χ1v) is 9.93. The molecule has 1 heterocycles. The Morgan fingerprint density at radius 1 is 1.14 bits per heavy atom. The van der Waals surface area contributed by atoms with Gasteiger partial charge in [0, 0.05) is 12.8 Å². The van der Waals surface area contributed by atoms with E-state index in [1.165, 1.54) is 0 Å². The lowest BCUT2D eigenvalue weighted by Gasteiger charge is -2.09. The number of nitrogens with zero attached hydrogens (tertiary/aromatic N) is 3. The lowest BCUT2D eigenvalue weighted by Crippen LogP contribution is -2.07. The van der Waals surface area contributed by atoms with Crippen molar-refractivity contribution in [1.82, 2.24) is 14.8 Å². The van der Waals surface area contributed by atoms with Crippen LogP contribution in [0.15, 0.2) is 60.7 Å². The third-order valence-corrected chi connectivity index (χ3v) is 4.67. The summed E-state index contributed by atoms with van der Waals surface area (Å²) < 4.78 is 1.97. The van der Waals surface area contributed by atoms with Crippen LogP contribution in [0.4, 0.5) is 0 Å². The first kappa shape index (κ1) is 20.5. The lowest BCUT2D eigenvalue weighted by molar-refractivity contribution is 0.0697. The fraction of sp³-hybridized carbons (Fsp3) is 0.292. The van der Waals surface area contributed by atoms with E-state index >= 15 is 0 Å². The van der Waals surface area contributed by atoms with Gasteiger partial charge in [-0.2, -0.15) is 5.10 Å². The quantitative estimate of drug-likeness (QED) is 0.550. The topological polar surface area (TPSA) is 68.0 Å². The Hall–Kier alpha value is -3.21. The first-order valence-electron chi connectivity index (χ1n) is 9.93. The molecule has 0 aliphatic rings. The van der Waals surface area contributed by atoms with E-state index in [-0.39, 0.29) is 0 Å². The molecule has 3 rings (SSSR count). The fourth-order valence-corrected chi connectivity index (χ4v) is 3.26. The molecule has 150 valence electrons. The van der Waals surface area contributed by atoms with E-state index in [9.17, 15) is 9.90 Å². The summed E-state index contributed by atoms with van der Waals surface area (Å²) >= 11 is 0. The van der Waals surface area contributed by atoms with Crippen molar-refractivity contribution in [2.75, 3.05) is 0 Å². The zero-order valence-electron chi connectivity index (χ0n) is 17.2. The SMILES string of the molecule is C/C=C/Cc1nc(CC(C)C)nn1Cc1ccc(-c2ccccc2C(=O)O)cc1. The molecule has 5 nitrogen and oxygen atoms in total. The van der Waals surface area contributed by atoms with E-state index in [1.807, 2.05) is 54.1 Å². The maximum Gasteiger partial charge on any atom is 0.336 e. The largest absolute Gasteiger partial charge is 0.478 e. The minimum atomic E-state index is -0.918. The third-order valence-electron chi connectivity index (χ3n) is 4.67. The molecule has 1 N–H and O–H groups in total. The Morgan fingerprint density at radius 2 is 1.86 bits per heavy atom. The number of rotatable bonds is 8. The van der Waals surface area contributed by atoms with Crippen molar-refractivity contribution >= 4 is 5.97 Å². The summed E-state index contributed by atoms with van der Waals surface area (Å²) in [5.41, 5.74) is 3.02. The van der Waals surface area contributed by atoms with E-state index in [0.29, 0.717) is 18.0 Å². The molecular formula is C24H27N3O2. The molecule has 0 radical (unpaired) electrons. The molecule has 0 fully saturated rings. The van der Waals surface area contributed by atoms with E-state index in [4.69, 9.17) is 10.1 Å². The van der Waals surface area contributed by atoms with E-state index in [0.717, 1.165) is 41.2 Å². The van der Waals surface area contributed by atoms with Crippen molar-refractivity contribution in [2.24, 2.45) is 5.92 Å². The molecule has 1 aromatic heterocycles. The molecule has 0 aliphatic carbocycles. The molecule has 0 amide bonds. The fourth-order valence-electron chi connectivity index (χ4n) is 3.26. The highest BCUT2D eigenvalue weighted by molar-refractivity contribution is 5.95. The van der Waals surface area contributed by atoms with Gasteiger partial charge in [-0.1, -0.05) is 68.5 Å². The van der Waals surface area contributed by atoms with Crippen LogP contribution < -0.4 is 0 Å².